The molecule has 0 bridgehead atoms. The number of hydrogen-bond acceptors (Lipinski definition) is 3. The smallest absolute Gasteiger partial charge is 0.376 e. The van der Waals surface area contributed by atoms with Gasteiger partial charge >= 0.3 is 6.18 Å². The van der Waals surface area contributed by atoms with Gasteiger partial charge in [0.2, 0.25) is 5.91 Å². The Labute approximate surface area is 174 Å². The van der Waals surface area contributed by atoms with Gasteiger partial charge in [0.1, 0.15) is 5.82 Å². The first-order valence-electron chi connectivity index (χ1n) is 10.3. The van der Waals surface area contributed by atoms with Crippen molar-refractivity contribution in [1.29, 1.82) is 0 Å². The normalized spacial score (nSPS) is 16.9. The SMILES string of the molecule is CC(C)CC(=O)N(Cc1nccn1Cc1cccc(C(F)(F)F)c1)C[C@H]1CCCO1. The third-order valence-corrected chi connectivity index (χ3v) is 5.12. The van der Waals surface area contributed by atoms with Gasteiger partial charge in [-0.2, -0.15) is 13.2 Å². The van der Waals surface area contributed by atoms with E-state index in [0.717, 1.165) is 25.0 Å². The number of benzene rings is 1. The fourth-order valence-electron chi connectivity index (χ4n) is 3.62. The van der Waals surface area contributed by atoms with Crippen molar-refractivity contribution in [3.8, 4) is 0 Å². The molecule has 0 aliphatic carbocycles. The maximum absolute atomic E-state index is 13.0. The van der Waals surface area contributed by atoms with Gasteiger partial charge < -0.3 is 14.2 Å². The minimum atomic E-state index is -4.38. The maximum Gasteiger partial charge on any atom is 0.416 e. The van der Waals surface area contributed by atoms with Crippen molar-refractivity contribution >= 4 is 5.91 Å². The van der Waals surface area contributed by atoms with E-state index in [2.05, 4.69) is 4.98 Å². The molecular formula is C22H28F3N3O2. The molecule has 0 saturated carbocycles. The summed E-state index contributed by atoms with van der Waals surface area (Å²) in [6.07, 6.45) is 1.32. The summed E-state index contributed by atoms with van der Waals surface area (Å²) >= 11 is 0. The number of carbonyl (C=O) groups excluding carboxylic acids is 1. The number of halogens is 3. The zero-order valence-electron chi connectivity index (χ0n) is 17.4. The lowest BCUT2D eigenvalue weighted by Crippen LogP contribution is -2.38. The zero-order valence-corrected chi connectivity index (χ0v) is 17.4. The number of aromatic nitrogens is 2. The summed E-state index contributed by atoms with van der Waals surface area (Å²) in [6.45, 7) is 5.76. The van der Waals surface area contributed by atoms with Crippen LogP contribution in [-0.4, -0.2) is 39.6 Å². The van der Waals surface area contributed by atoms with Gasteiger partial charge in [-0.15, -0.1) is 0 Å². The Bertz CT molecular complexity index is 842. The first-order chi connectivity index (χ1) is 14.2. The van der Waals surface area contributed by atoms with Crippen molar-refractivity contribution in [3.05, 3.63) is 53.6 Å². The minimum Gasteiger partial charge on any atom is -0.376 e. The van der Waals surface area contributed by atoms with Crippen LogP contribution < -0.4 is 0 Å². The second-order valence-corrected chi connectivity index (χ2v) is 8.18. The molecule has 30 heavy (non-hydrogen) atoms. The maximum atomic E-state index is 13.0. The fraction of sp³-hybridized carbons (Fsp3) is 0.545. The molecule has 0 unspecified atom stereocenters. The summed E-state index contributed by atoms with van der Waals surface area (Å²) < 4.78 is 46.5. The molecule has 164 valence electrons. The molecule has 5 nitrogen and oxygen atoms in total. The topological polar surface area (TPSA) is 47.4 Å². The van der Waals surface area contributed by atoms with Crippen molar-refractivity contribution in [2.24, 2.45) is 5.92 Å². The Kier molecular flexibility index (Phi) is 7.18. The molecule has 1 saturated heterocycles. The zero-order chi connectivity index (χ0) is 21.7. The van der Waals surface area contributed by atoms with Gasteiger partial charge in [-0.3, -0.25) is 4.79 Å². The van der Waals surface area contributed by atoms with Crippen LogP contribution in [0.3, 0.4) is 0 Å². The molecule has 1 fully saturated rings. The molecule has 2 aromatic rings. The fourth-order valence-corrected chi connectivity index (χ4v) is 3.62. The van der Waals surface area contributed by atoms with E-state index in [0.29, 0.717) is 37.5 Å². The van der Waals surface area contributed by atoms with Crippen molar-refractivity contribution in [3.63, 3.8) is 0 Å². The van der Waals surface area contributed by atoms with Gasteiger partial charge in [-0.25, -0.2) is 4.98 Å². The number of amides is 1. The van der Waals surface area contributed by atoms with Gasteiger partial charge in [-0.1, -0.05) is 26.0 Å². The Morgan fingerprint density at radius 1 is 1.37 bits per heavy atom. The Morgan fingerprint density at radius 3 is 2.83 bits per heavy atom. The van der Waals surface area contributed by atoms with Gasteiger partial charge in [0, 0.05) is 38.5 Å². The van der Waals surface area contributed by atoms with Crippen LogP contribution in [0, 0.1) is 5.92 Å². The molecule has 0 spiro atoms. The molecule has 0 N–H and O–H groups in total. The largest absolute Gasteiger partial charge is 0.416 e. The highest BCUT2D eigenvalue weighted by Crippen LogP contribution is 2.29. The highest BCUT2D eigenvalue weighted by atomic mass is 19.4. The number of nitrogens with zero attached hydrogens (tertiary/aromatic N) is 3. The average molecular weight is 423 g/mol. The lowest BCUT2D eigenvalue weighted by molar-refractivity contribution is -0.137. The Hall–Kier alpha value is -2.35. The van der Waals surface area contributed by atoms with Crippen molar-refractivity contribution < 1.29 is 22.7 Å². The quantitative estimate of drug-likeness (QED) is 0.628. The molecule has 3 rings (SSSR count). The van der Waals surface area contributed by atoms with Crippen LogP contribution in [0.25, 0.3) is 0 Å². The molecule has 1 aromatic heterocycles. The van der Waals surface area contributed by atoms with Crippen LogP contribution in [0.5, 0.6) is 0 Å². The number of ether oxygens (including phenoxy) is 1. The van der Waals surface area contributed by atoms with Crippen molar-refractivity contribution in [1.82, 2.24) is 14.5 Å². The number of alkyl halides is 3. The van der Waals surface area contributed by atoms with E-state index in [4.69, 9.17) is 4.74 Å². The van der Waals surface area contributed by atoms with Gasteiger partial charge in [0.15, 0.2) is 0 Å². The Morgan fingerprint density at radius 2 is 2.17 bits per heavy atom. The lowest BCUT2D eigenvalue weighted by atomic mass is 10.1. The van der Waals surface area contributed by atoms with Crippen LogP contribution in [0.15, 0.2) is 36.7 Å². The van der Waals surface area contributed by atoms with Crippen molar-refractivity contribution in [2.45, 2.75) is 58.5 Å². The van der Waals surface area contributed by atoms with E-state index in [1.807, 2.05) is 13.8 Å². The van der Waals surface area contributed by atoms with Crippen molar-refractivity contribution in [2.75, 3.05) is 13.2 Å². The van der Waals surface area contributed by atoms with E-state index in [9.17, 15) is 18.0 Å². The number of carbonyl (C=O) groups is 1. The average Bonchev–Trinajstić information content (AvgIpc) is 3.32. The predicted octanol–water partition coefficient (Wildman–Crippen LogP) is 4.50. The van der Waals surface area contributed by atoms with Crippen LogP contribution in [0.1, 0.15) is 50.1 Å². The predicted molar refractivity (Wildman–Crippen MR) is 107 cm³/mol. The monoisotopic (exact) mass is 423 g/mol. The minimum absolute atomic E-state index is 0.0213. The van der Waals surface area contributed by atoms with Crippen LogP contribution >= 0.6 is 0 Å². The molecule has 0 radical (unpaired) electrons. The Balaban J connectivity index is 1.75. The highest BCUT2D eigenvalue weighted by Gasteiger charge is 2.30. The van der Waals surface area contributed by atoms with Gasteiger partial charge in [-0.05, 0) is 36.5 Å². The summed E-state index contributed by atoms with van der Waals surface area (Å²) in [5, 5.41) is 0. The summed E-state index contributed by atoms with van der Waals surface area (Å²) in [5.41, 5.74) is -0.142. The molecule has 1 aliphatic rings. The van der Waals surface area contributed by atoms with Crippen LogP contribution in [0.4, 0.5) is 13.2 Å². The second kappa shape index (κ2) is 9.64. The molecule has 1 atom stereocenters. The molecule has 1 amide bonds. The molecular weight excluding hydrogens is 395 g/mol. The third kappa shape index (κ3) is 6.08. The lowest BCUT2D eigenvalue weighted by Gasteiger charge is -2.26. The number of imidazole rings is 1. The van der Waals surface area contributed by atoms with E-state index in [-0.39, 0.29) is 24.5 Å². The number of hydrogen-bond donors (Lipinski definition) is 0. The molecule has 2 heterocycles. The second-order valence-electron chi connectivity index (χ2n) is 8.18. The molecule has 8 heteroatoms. The summed E-state index contributed by atoms with van der Waals surface area (Å²) in [7, 11) is 0. The first kappa shape index (κ1) is 22.3. The summed E-state index contributed by atoms with van der Waals surface area (Å²) in [6, 6.07) is 5.28. The summed E-state index contributed by atoms with van der Waals surface area (Å²) in [5.74, 6) is 0.908. The molecule has 1 aromatic carbocycles. The van der Waals surface area contributed by atoms with Crippen LogP contribution in [-0.2, 0) is 28.8 Å². The molecule has 1 aliphatic heterocycles. The highest BCUT2D eigenvalue weighted by molar-refractivity contribution is 5.76. The van der Waals surface area contributed by atoms with E-state index < -0.39 is 11.7 Å². The van der Waals surface area contributed by atoms with E-state index >= 15 is 0 Å². The third-order valence-electron chi connectivity index (χ3n) is 5.12. The number of rotatable bonds is 8. The summed E-state index contributed by atoms with van der Waals surface area (Å²) in [4.78, 5) is 18.9. The van der Waals surface area contributed by atoms with Gasteiger partial charge in [0.25, 0.3) is 0 Å². The first-order valence-corrected chi connectivity index (χ1v) is 10.3. The van der Waals surface area contributed by atoms with E-state index in [1.165, 1.54) is 6.07 Å². The van der Waals surface area contributed by atoms with E-state index in [1.54, 1.807) is 27.9 Å². The van der Waals surface area contributed by atoms with Gasteiger partial charge in [0.05, 0.1) is 18.2 Å². The standard InChI is InChI=1S/C22H28F3N3O2/c1-16(2)11-21(29)28(14-19-7-4-10-30-19)15-20-26-8-9-27(20)13-17-5-3-6-18(12-17)22(23,24)25/h3,5-6,8-9,12,16,19H,4,7,10-11,13-15H2,1-2H3/t19-/m1/s1. The van der Waals surface area contributed by atoms with Crippen LogP contribution in [0.2, 0.25) is 0 Å².